The highest BCUT2D eigenvalue weighted by atomic mass is 32.1. The third kappa shape index (κ3) is 3.51. The summed E-state index contributed by atoms with van der Waals surface area (Å²) in [5.41, 5.74) is -1.20. The van der Waals surface area contributed by atoms with Crippen LogP contribution in [0.4, 0.5) is 0 Å². The van der Waals surface area contributed by atoms with E-state index >= 15 is 0 Å². The van der Waals surface area contributed by atoms with Crippen LogP contribution < -0.4 is 10.9 Å². The van der Waals surface area contributed by atoms with Crippen molar-refractivity contribution in [2.24, 2.45) is 5.41 Å². The van der Waals surface area contributed by atoms with Crippen LogP contribution in [-0.4, -0.2) is 33.1 Å². The monoisotopic (exact) mass is 323 g/mol. The topological polar surface area (TPSA) is 101 Å². The quantitative estimate of drug-likeness (QED) is 0.828. The summed E-state index contributed by atoms with van der Waals surface area (Å²) in [6.07, 6.45) is 1.52. The molecule has 0 fully saturated rings. The van der Waals surface area contributed by atoms with Crippen LogP contribution in [0, 0.1) is 5.41 Å². The van der Waals surface area contributed by atoms with Gasteiger partial charge >= 0.3 is 5.97 Å². The molecule has 0 bridgehead atoms. The third-order valence-corrected chi connectivity index (χ3v) is 4.16. The van der Waals surface area contributed by atoms with Crippen LogP contribution in [0.3, 0.4) is 0 Å². The number of carboxylic acid groups (broad SMARTS) is 1. The summed E-state index contributed by atoms with van der Waals surface area (Å²) in [6, 6.07) is 1.71. The summed E-state index contributed by atoms with van der Waals surface area (Å²) < 4.78 is 1.39. The molecule has 0 radical (unpaired) electrons. The lowest BCUT2D eigenvalue weighted by atomic mass is 9.94. The number of aliphatic carboxylic acids is 1. The number of aryl methyl sites for hydroxylation is 1. The van der Waals surface area contributed by atoms with Gasteiger partial charge in [0.15, 0.2) is 0 Å². The highest BCUT2D eigenvalue weighted by Crippen LogP contribution is 2.14. The van der Waals surface area contributed by atoms with Crippen molar-refractivity contribution in [2.75, 3.05) is 6.54 Å². The molecule has 2 N–H and O–H groups in total. The number of fused-ring (bicyclic) bond motifs is 1. The van der Waals surface area contributed by atoms with E-state index in [1.807, 2.05) is 0 Å². The van der Waals surface area contributed by atoms with Crippen molar-refractivity contribution in [3.63, 3.8) is 0 Å². The Labute approximate surface area is 130 Å². The van der Waals surface area contributed by atoms with Gasteiger partial charge in [0.25, 0.3) is 5.56 Å². The lowest BCUT2D eigenvalue weighted by Gasteiger charge is -2.19. The Balaban J connectivity index is 1.94. The second-order valence-electron chi connectivity index (χ2n) is 5.60. The molecule has 1 amide bonds. The number of hydrogen-bond acceptors (Lipinski definition) is 5. The SMILES string of the molecule is CC(C)(CNC(=O)CCn1cnc2sccc2c1=O)C(=O)O. The predicted octanol–water partition coefficient (Wildman–Crippen LogP) is 1.08. The van der Waals surface area contributed by atoms with E-state index in [1.165, 1.54) is 36.1 Å². The van der Waals surface area contributed by atoms with Crippen LogP contribution in [0.25, 0.3) is 10.2 Å². The van der Waals surface area contributed by atoms with Crippen molar-refractivity contribution >= 4 is 33.4 Å². The molecular formula is C14H17N3O4S. The fraction of sp³-hybridized carbons (Fsp3) is 0.429. The van der Waals surface area contributed by atoms with E-state index in [-0.39, 0.29) is 31.0 Å². The Morgan fingerprint density at radius 1 is 1.45 bits per heavy atom. The number of hydrogen-bond donors (Lipinski definition) is 2. The summed E-state index contributed by atoms with van der Waals surface area (Å²) in [4.78, 5) is 39.7. The van der Waals surface area contributed by atoms with E-state index in [4.69, 9.17) is 5.11 Å². The first-order valence-electron chi connectivity index (χ1n) is 6.74. The molecule has 0 aliphatic rings. The Morgan fingerprint density at radius 2 is 2.18 bits per heavy atom. The molecule has 0 saturated carbocycles. The number of thiophene rings is 1. The molecule has 0 aliphatic carbocycles. The van der Waals surface area contributed by atoms with Crippen LogP contribution >= 0.6 is 11.3 Å². The minimum Gasteiger partial charge on any atom is -0.481 e. The third-order valence-electron chi connectivity index (χ3n) is 3.34. The molecule has 0 saturated heterocycles. The minimum absolute atomic E-state index is 0.0396. The van der Waals surface area contributed by atoms with Crippen molar-refractivity contribution in [2.45, 2.75) is 26.8 Å². The molecule has 0 spiro atoms. The van der Waals surface area contributed by atoms with E-state index in [0.29, 0.717) is 10.2 Å². The summed E-state index contributed by atoms with van der Waals surface area (Å²) in [6.45, 7) is 3.32. The summed E-state index contributed by atoms with van der Waals surface area (Å²) >= 11 is 1.39. The van der Waals surface area contributed by atoms with E-state index in [9.17, 15) is 14.4 Å². The van der Waals surface area contributed by atoms with E-state index in [1.54, 1.807) is 11.4 Å². The van der Waals surface area contributed by atoms with Crippen LogP contribution in [0.1, 0.15) is 20.3 Å². The first kappa shape index (κ1) is 16.2. The lowest BCUT2D eigenvalue weighted by molar-refractivity contribution is -0.146. The fourth-order valence-corrected chi connectivity index (χ4v) is 2.48. The first-order valence-corrected chi connectivity index (χ1v) is 7.62. The molecule has 2 aromatic heterocycles. The van der Waals surface area contributed by atoms with Crippen LogP contribution in [0.2, 0.25) is 0 Å². The predicted molar refractivity (Wildman–Crippen MR) is 82.9 cm³/mol. The van der Waals surface area contributed by atoms with Gasteiger partial charge < -0.3 is 10.4 Å². The molecule has 7 nitrogen and oxygen atoms in total. The van der Waals surface area contributed by atoms with Gasteiger partial charge in [0, 0.05) is 19.5 Å². The van der Waals surface area contributed by atoms with Crippen molar-refractivity contribution in [3.8, 4) is 0 Å². The summed E-state index contributed by atoms with van der Waals surface area (Å²) in [5, 5.41) is 13.9. The average Bonchev–Trinajstić information content (AvgIpc) is 2.93. The number of carboxylic acids is 1. The maximum absolute atomic E-state index is 12.1. The van der Waals surface area contributed by atoms with Gasteiger partial charge in [-0.05, 0) is 25.3 Å². The molecule has 0 aliphatic heterocycles. The molecule has 22 heavy (non-hydrogen) atoms. The highest BCUT2D eigenvalue weighted by molar-refractivity contribution is 7.16. The minimum atomic E-state index is -1.02. The molecule has 118 valence electrons. The summed E-state index contributed by atoms with van der Waals surface area (Å²) in [7, 11) is 0. The van der Waals surface area contributed by atoms with Crippen molar-refractivity contribution in [3.05, 3.63) is 28.1 Å². The maximum Gasteiger partial charge on any atom is 0.310 e. The second kappa shape index (κ2) is 6.27. The van der Waals surface area contributed by atoms with Gasteiger partial charge in [-0.15, -0.1) is 11.3 Å². The van der Waals surface area contributed by atoms with Gasteiger partial charge in [-0.2, -0.15) is 0 Å². The Morgan fingerprint density at radius 3 is 2.86 bits per heavy atom. The second-order valence-corrected chi connectivity index (χ2v) is 6.49. The smallest absolute Gasteiger partial charge is 0.310 e. The molecule has 2 aromatic rings. The molecule has 0 aromatic carbocycles. The van der Waals surface area contributed by atoms with Gasteiger partial charge in [-0.1, -0.05) is 0 Å². The van der Waals surface area contributed by atoms with Gasteiger partial charge in [0.2, 0.25) is 5.91 Å². The number of nitrogens with one attached hydrogen (secondary N) is 1. The molecule has 0 atom stereocenters. The van der Waals surface area contributed by atoms with Crippen LogP contribution in [0.15, 0.2) is 22.6 Å². The standard InChI is InChI=1S/C14H17N3O4S/c1-14(2,13(20)21)7-15-10(18)3-5-17-8-16-11-9(12(17)19)4-6-22-11/h4,6,8H,3,5,7H2,1-2H3,(H,15,18)(H,20,21). The highest BCUT2D eigenvalue weighted by Gasteiger charge is 2.27. The van der Waals surface area contributed by atoms with E-state index in [2.05, 4.69) is 10.3 Å². The zero-order valence-corrected chi connectivity index (χ0v) is 13.1. The Hall–Kier alpha value is -2.22. The fourth-order valence-electron chi connectivity index (χ4n) is 1.76. The molecule has 2 heterocycles. The van der Waals surface area contributed by atoms with Gasteiger partial charge in [-0.3, -0.25) is 19.0 Å². The number of carbonyl (C=O) groups excluding carboxylic acids is 1. The van der Waals surface area contributed by atoms with Crippen LogP contribution in [-0.2, 0) is 16.1 Å². The lowest BCUT2D eigenvalue weighted by Crippen LogP contribution is -2.39. The normalized spacial score (nSPS) is 11.5. The molecule has 8 heteroatoms. The Bertz CT molecular complexity index is 763. The van der Waals surface area contributed by atoms with Gasteiger partial charge in [0.1, 0.15) is 4.83 Å². The number of rotatable bonds is 6. The molecule has 0 unspecified atom stereocenters. The zero-order valence-electron chi connectivity index (χ0n) is 12.3. The van der Waals surface area contributed by atoms with Crippen LogP contribution in [0.5, 0.6) is 0 Å². The number of amides is 1. The number of nitrogens with zero attached hydrogens (tertiary/aromatic N) is 2. The summed E-state index contributed by atoms with van der Waals surface area (Å²) in [5.74, 6) is -1.28. The largest absolute Gasteiger partial charge is 0.481 e. The van der Waals surface area contributed by atoms with Crippen molar-refractivity contribution in [1.29, 1.82) is 0 Å². The number of aromatic nitrogens is 2. The van der Waals surface area contributed by atoms with E-state index in [0.717, 1.165) is 0 Å². The van der Waals surface area contributed by atoms with Gasteiger partial charge in [-0.25, -0.2) is 4.98 Å². The Kier molecular flexibility index (Phi) is 4.60. The maximum atomic E-state index is 12.1. The molecule has 2 rings (SSSR count). The van der Waals surface area contributed by atoms with Gasteiger partial charge in [0.05, 0.1) is 17.1 Å². The first-order chi connectivity index (χ1) is 10.3. The molecular weight excluding hydrogens is 306 g/mol. The van der Waals surface area contributed by atoms with Crippen molar-refractivity contribution in [1.82, 2.24) is 14.9 Å². The average molecular weight is 323 g/mol. The van der Waals surface area contributed by atoms with E-state index < -0.39 is 11.4 Å². The van der Waals surface area contributed by atoms with Crippen molar-refractivity contribution < 1.29 is 14.7 Å². The zero-order chi connectivity index (χ0) is 16.3. The number of carbonyl (C=O) groups is 2.